The van der Waals surface area contributed by atoms with Crippen LogP contribution < -0.4 is 5.32 Å². The fourth-order valence-corrected chi connectivity index (χ4v) is 4.97. The number of sulfone groups is 1. The maximum Gasteiger partial charge on any atom is 0.417 e. The standard InChI is InChI=1S/C23H20Cl2F7NO3S/c1-3-37(35,36)11-12(2)33-21(34)17-5-4-13(8-19(17)23(30,31)32)20(26)10-18(22(27,28)29)14-6-15(24)9-16(25)7-14/h4-10,12,18H,3,11H2,1-2H3,(H,33,34)/b20-10-/t12-,18?/m1/s1. The van der Waals surface area contributed by atoms with E-state index in [0.29, 0.717) is 12.1 Å². The average Bonchev–Trinajstić information content (AvgIpc) is 2.74. The minimum Gasteiger partial charge on any atom is -0.349 e. The van der Waals surface area contributed by atoms with Gasteiger partial charge in [-0.25, -0.2) is 12.8 Å². The maximum atomic E-state index is 14.9. The molecule has 1 unspecified atom stereocenters. The lowest BCUT2D eigenvalue weighted by Crippen LogP contribution is -2.38. The van der Waals surface area contributed by atoms with Crippen molar-refractivity contribution in [3.63, 3.8) is 0 Å². The van der Waals surface area contributed by atoms with Crippen molar-refractivity contribution in [3.05, 3.63) is 74.8 Å². The molecule has 0 fully saturated rings. The van der Waals surface area contributed by atoms with Crippen LogP contribution >= 0.6 is 23.2 Å². The Morgan fingerprint density at radius 2 is 1.59 bits per heavy atom. The number of halogens is 9. The minimum atomic E-state index is -5.19. The van der Waals surface area contributed by atoms with Crippen molar-refractivity contribution in [1.29, 1.82) is 0 Å². The van der Waals surface area contributed by atoms with Gasteiger partial charge in [0.15, 0.2) is 9.84 Å². The van der Waals surface area contributed by atoms with Crippen molar-refractivity contribution in [2.45, 2.75) is 38.2 Å². The highest BCUT2D eigenvalue weighted by Gasteiger charge is 2.41. The molecule has 0 radical (unpaired) electrons. The molecule has 14 heteroatoms. The van der Waals surface area contributed by atoms with Crippen LogP contribution in [0.25, 0.3) is 5.83 Å². The normalized spacial score (nSPS) is 14.8. The average molecular weight is 594 g/mol. The summed E-state index contributed by atoms with van der Waals surface area (Å²) in [6.45, 7) is 2.63. The van der Waals surface area contributed by atoms with Crippen molar-refractivity contribution >= 4 is 44.8 Å². The summed E-state index contributed by atoms with van der Waals surface area (Å²) in [7, 11) is -3.56. The summed E-state index contributed by atoms with van der Waals surface area (Å²) in [5, 5.41) is 1.80. The molecule has 0 aliphatic rings. The second-order valence-electron chi connectivity index (χ2n) is 8.07. The molecule has 2 rings (SSSR count). The van der Waals surface area contributed by atoms with Crippen LogP contribution in [0.1, 0.15) is 46.8 Å². The zero-order valence-electron chi connectivity index (χ0n) is 19.1. The van der Waals surface area contributed by atoms with Crippen LogP contribution in [0, 0.1) is 0 Å². The van der Waals surface area contributed by atoms with Crippen molar-refractivity contribution in [2.75, 3.05) is 11.5 Å². The second kappa shape index (κ2) is 11.6. The van der Waals surface area contributed by atoms with E-state index in [1.54, 1.807) is 0 Å². The molecule has 4 nitrogen and oxygen atoms in total. The van der Waals surface area contributed by atoms with Crippen molar-refractivity contribution in [1.82, 2.24) is 5.32 Å². The van der Waals surface area contributed by atoms with Gasteiger partial charge in [-0.05, 0) is 48.9 Å². The Kier molecular flexibility index (Phi) is 9.70. The molecule has 0 aromatic heterocycles. The Balaban J connectivity index is 2.50. The molecule has 0 aliphatic heterocycles. The second-order valence-corrected chi connectivity index (χ2v) is 11.3. The van der Waals surface area contributed by atoms with E-state index < -0.39 is 73.9 Å². The van der Waals surface area contributed by atoms with E-state index in [2.05, 4.69) is 5.32 Å². The first-order valence-electron chi connectivity index (χ1n) is 10.5. The zero-order valence-corrected chi connectivity index (χ0v) is 21.5. The van der Waals surface area contributed by atoms with Gasteiger partial charge in [0, 0.05) is 27.4 Å². The summed E-state index contributed by atoms with van der Waals surface area (Å²) in [4.78, 5) is 12.4. The number of carbonyl (C=O) groups excluding carboxylic acids is 1. The number of alkyl halides is 6. The van der Waals surface area contributed by atoms with Crippen molar-refractivity contribution in [2.24, 2.45) is 0 Å². The Bertz CT molecular complexity index is 1270. The molecule has 0 heterocycles. The van der Waals surface area contributed by atoms with Gasteiger partial charge in [0.2, 0.25) is 0 Å². The van der Waals surface area contributed by atoms with Gasteiger partial charge in [0.25, 0.3) is 5.91 Å². The summed E-state index contributed by atoms with van der Waals surface area (Å²) < 4.78 is 120. The van der Waals surface area contributed by atoms with Gasteiger partial charge < -0.3 is 5.32 Å². The Morgan fingerprint density at radius 3 is 2.08 bits per heavy atom. The van der Waals surface area contributed by atoms with E-state index in [0.717, 1.165) is 18.2 Å². The lowest BCUT2D eigenvalue weighted by Gasteiger charge is -2.19. The number of hydrogen-bond acceptors (Lipinski definition) is 3. The molecule has 37 heavy (non-hydrogen) atoms. The lowest BCUT2D eigenvalue weighted by atomic mass is 9.95. The molecule has 0 spiro atoms. The van der Waals surface area contributed by atoms with Crippen LogP contribution in [0.3, 0.4) is 0 Å². The zero-order chi connectivity index (χ0) is 28.3. The number of amides is 1. The van der Waals surface area contributed by atoms with E-state index in [1.165, 1.54) is 13.8 Å². The monoisotopic (exact) mass is 593 g/mol. The fourth-order valence-electron chi connectivity index (χ4n) is 3.34. The first-order valence-corrected chi connectivity index (χ1v) is 13.0. The molecule has 2 atom stereocenters. The van der Waals surface area contributed by atoms with Gasteiger partial charge in [0.05, 0.1) is 16.9 Å². The third-order valence-corrected chi connectivity index (χ3v) is 7.40. The highest BCUT2D eigenvalue weighted by Crippen LogP contribution is 2.41. The largest absolute Gasteiger partial charge is 0.417 e. The molecule has 1 N–H and O–H groups in total. The van der Waals surface area contributed by atoms with Gasteiger partial charge in [-0.3, -0.25) is 4.79 Å². The van der Waals surface area contributed by atoms with Crippen LogP contribution in [-0.2, 0) is 16.0 Å². The number of hydrogen-bond donors (Lipinski definition) is 1. The van der Waals surface area contributed by atoms with Gasteiger partial charge in [0.1, 0.15) is 11.7 Å². The van der Waals surface area contributed by atoms with Crippen LogP contribution in [-0.4, -0.2) is 38.0 Å². The molecular weight excluding hydrogens is 574 g/mol. The smallest absolute Gasteiger partial charge is 0.349 e. The van der Waals surface area contributed by atoms with Gasteiger partial charge in [-0.2, -0.15) is 26.3 Å². The molecule has 204 valence electrons. The maximum absolute atomic E-state index is 14.9. The van der Waals surface area contributed by atoms with Gasteiger partial charge >= 0.3 is 12.4 Å². The van der Waals surface area contributed by atoms with Crippen LogP contribution in [0.5, 0.6) is 0 Å². The van der Waals surface area contributed by atoms with E-state index in [9.17, 15) is 43.9 Å². The molecule has 0 aliphatic carbocycles. The first kappa shape index (κ1) is 30.9. The van der Waals surface area contributed by atoms with E-state index in [1.807, 2.05) is 0 Å². The summed E-state index contributed by atoms with van der Waals surface area (Å²) >= 11 is 11.5. The van der Waals surface area contributed by atoms with Crippen molar-refractivity contribution < 1.29 is 43.9 Å². The predicted molar refractivity (Wildman–Crippen MR) is 127 cm³/mol. The molecule has 2 aromatic rings. The third-order valence-electron chi connectivity index (χ3n) is 5.08. The predicted octanol–water partition coefficient (Wildman–Crippen LogP) is 7.22. The number of rotatable bonds is 8. The van der Waals surface area contributed by atoms with Gasteiger partial charge in [-0.15, -0.1) is 0 Å². The fraction of sp³-hybridized carbons (Fsp3) is 0.348. The number of carbonyl (C=O) groups is 1. The topological polar surface area (TPSA) is 63.2 Å². The number of allylic oxidation sites excluding steroid dienone is 1. The lowest BCUT2D eigenvalue weighted by molar-refractivity contribution is -0.140. The number of benzene rings is 2. The highest BCUT2D eigenvalue weighted by molar-refractivity contribution is 7.91. The Labute approximate surface area is 218 Å². The van der Waals surface area contributed by atoms with Crippen LogP contribution in [0.2, 0.25) is 10.0 Å². The summed E-state index contributed by atoms with van der Waals surface area (Å²) in [6.07, 6.45) is -10.2. The van der Waals surface area contributed by atoms with Crippen molar-refractivity contribution in [3.8, 4) is 0 Å². The summed E-state index contributed by atoms with van der Waals surface area (Å²) in [5.74, 6) is -6.30. The summed E-state index contributed by atoms with van der Waals surface area (Å²) in [5.41, 5.74) is -3.99. The molecule has 2 aromatic carbocycles. The van der Waals surface area contributed by atoms with Gasteiger partial charge in [-0.1, -0.05) is 36.2 Å². The Morgan fingerprint density at radius 1 is 1.03 bits per heavy atom. The quantitative estimate of drug-likeness (QED) is 0.329. The molecule has 0 saturated carbocycles. The van der Waals surface area contributed by atoms with Crippen LogP contribution in [0.4, 0.5) is 30.7 Å². The molecule has 0 bridgehead atoms. The Hall–Kier alpha value is -2.31. The minimum absolute atomic E-state index is 0.0783. The number of nitrogens with one attached hydrogen (secondary N) is 1. The van der Waals surface area contributed by atoms with E-state index >= 15 is 0 Å². The molecule has 0 saturated heterocycles. The molecular formula is C23H20Cl2F7NO3S. The first-order chi connectivity index (χ1) is 16.8. The summed E-state index contributed by atoms with van der Waals surface area (Å²) in [6, 6.07) is 3.40. The highest BCUT2D eigenvalue weighted by atomic mass is 35.5. The SMILES string of the molecule is CCS(=O)(=O)C[C@@H](C)NC(=O)c1ccc(/C(F)=C/C(c2cc(Cl)cc(Cl)c2)C(F)(F)F)cc1C(F)(F)F. The van der Waals surface area contributed by atoms with Crippen LogP contribution in [0.15, 0.2) is 42.5 Å². The van der Waals surface area contributed by atoms with E-state index in [4.69, 9.17) is 23.2 Å². The van der Waals surface area contributed by atoms with E-state index in [-0.39, 0.29) is 27.9 Å². The third kappa shape index (κ3) is 8.61. The molecule has 1 amide bonds.